The van der Waals surface area contributed by atoms with Crippen LogP contribution in [0, 0.1) is 5.82 Å². The van der Waals surface area contributed by atoms with E-state index in [0.29, 0.717) is 18.7 Å². The van der Waals surface area contributed by atoms with Gasteiger partial charge in [0.2, 0.25) is 0 Å². The standard InChI is InChI=1S/C16H16FN3O/c17-14-5-3-12(4-6-14)16(21)20-9-8-19-11-15(20)13-2-1-7-18-10-13/h1-7,10,15,19H,8-9,11H2. The number of nitrogens with one attached hydrogen (secondary N) is 1. The topological polar surface area (TPSA) is 45.2 Å². The van der Waals surface area contributed by atoms with Gasteiger partial charge < -0.3 is 10.2 Å². The number of nitrogens with zero attached hydrogens (tertiary/aromatic N) is 2. The smallest absolute Gasteiger partial charge is 0.254 e. The number of hydrogen-bond donors (Lipinski definition) is 1. The zero-order chi connectivity index (χ0) is 14.7. The molecule has 0 radical (unpaired) electrons. The van der Waals surface area contributed by atoms with Gasteiger partial charge in [-0.05, 0) is 35.9 Å². The minimum absolute atomic E-state index is 0.0509. The number of rotatable bonds is 2. The Labute approximate surface area is 122 Å². The average molecular weight is 285 g/mol. The van der Waals surface area contributed by atoms with E-state index >= 15 is 0 Å². The largest absolute Gasteiger partial charge is 0.329 e. The monoisotopic (exact) mass is 285 g/mol. The second kappa shape index (κ2) is 6.01. The van der Waals surface area contributed by atoms with Crippen LogP contribution in [-0.4, -0.2) is 35.4 Å². The van der Waals surface area contributed by atoms with E-state index < -0.39 is 0 Å². The molecule has 1 fully saturated rings. The van der Waals surface area contributed by atoms with Gasteiger partial charge in [-0.2, -0.15) is 0 Å². The third-order valence-corrected chi connectivity index (χ3v) is 3.66. The van der Waals surface area contributed by atoms with Gasteiger partial charge in [0, 0.05) is 37.6 Å². The first kappa shape index (κ1) is 13.7. The van der Waals surface area contributed by atoms with Gasteiger partial charge in [-0.3, -0.25) is 9.78 Å². The Morgan fingerprint density at radius 2 is 2.10 bits per heavy atom. The van der Waals surface area contributed by atoms with Crippen molar-refractivity contribution in [3.8, 4) is 0 Å². The fraction of sp³-hybridized carbons (Fsp3) is 0.250. The van der Waals surface area contributed by atoms with Gasteiger partial charge in [0.25, 0.3) is 5.91 Å². The second-order valence-corrected chi connectivity index (χ2v) is 5.01. The van der Waals surface area contributed by atoms with Gasteiger partial charge >= 0.3 is 0 Å². The van der Waals surface area contributed by atoms with Gasteiger partial charge in [-0.25, -0.2) is 4.39 Å². The summed E-state index contributed by atoms with van der Waals surface area (Å²) in [7, 11) is 0. The van der Waals surface area contributed by atoms with E-state index in [1.54, 1.807) is 12.4 Å². The molecule has 0 spiro atoms. The molecule has 3 rings (SSSR count). The Morgan fingerprint density at radius 3 is 2.81 bits per heavy atom. The van der Waals surface area contributed by atoms with E-state index in [9.17, 15) is 9.18 Å². The minimum Gasteiger partial charge on any atom is -0.329 e. The van der Waals surface area contributed by atoms with Crippen molar-refractivity contribution in [3.05, 3.63) is 65.7 Å². The number of carbonyl (C=O) groups is 1. The van der Waals surface area contributed by atoms with Gasteiger partial charge in [0.05, 0.1) is 6.04 Å². The lowest BCUT2D eigenvalue weighted by molar-refractivity contribution is 0.0634. The van der Waals surface area contributed by atoms with Crippen LogP contribution in [0.2, 0.25) is 0 Å². The van der Waals surface area contributed by atoms with Gasteiger partial charge in [-0.15, -0.1) is 0 Å². The molecular weight excluding hydrogens is 269 g/mol. The Morgan fingerprint density at radius 1 is 1.29 bits per heavy atom. The number of halogens is 1. The van der Waals surface area contributed by atoms with E-state index in [1.165, 1.54) is 24.3 Å². The zero-order valence-corrected chi connectivity index (χ0v) is 11.5. The molecule has 2 heterocycles. The summed E-state index contributed by atoms with van der Waals surface area (Å²) in [4.78, 5) is 18.6. The van der Waals surface area contributed by atoms with E-state index in [4.69, 9.17) is 0 Å². The maximum absolute atomic E-state index is 13.0. The summed E-state index contributed by atoms with van der Waals surface area (Å²) in [5, 5.41) is 3.30. The van der Waals surface area contributed by atoms with Crippen LogP contribution in [0.3, 0.4) is 0 Å². The Kier molecular flexibility index (Phi) is 3.92. The van der Waals surface area contributed by atoms with Crippen LogP contribution < -0.4 is 5.32 Å². The molecule has 1 aromatic heterocycles. The lowest BCUT2D eigenvalue weighted by Crippen LogP contribution is -2.48. The molecule has 108 valence electrons. The summed E-state index contributed by atoms with van der Waals surface area (Å²) in [6.45, 7) is 2.07. The zero-order valence-electron chi connectivity index (χ0n) is 11.5. The maximum Gasteiger partial charge on any atom is 0.254 e. The third-order valence-electron chi connectivity index (χ3n) is 3.66. The summed E-state index contributed by atoms with van der Waals surface area (Å²) >= 11 is 0. The van der Waals surface area contributed by atoms with Gasteiger partial charge in [0.1, 0.15) is 5.82 Å². The van der Waals surface area contributed by atoms with Crippen LogP contribution in [0.25, 0.3) is 0 Å². The molecule has 1 N–H and O–H groups in total. The van der Waals surface area contributed by atoms with Crippen LogP contribution in [0.5, 0.6) is 0 Å². The normalized spacial score (nSPS) is 18.5. The van der Waals surface area contributed by atoms with Crippen LogP contribution in [-0.2, 0) is 0 Å². The molecule has 0 aliphatic carbocycles. The Hall–Kier alpha value is -2.27. The quantitative estimate of drug-likeness (QED) is 0.918. The highest BCUT2D eigenvalue weighted by Crippen LogP contribution is 2.23. The Bertz CT molecular complexity index is 615. The van der Waals surface area contributed by atoms with E-state index in [2.05, 4.69) is 10.3 Å². The summed E-state index contributed by atoms with van der Waals surface area (Å²) in [5.74, 6) is -0.416. The number of carbonyl (C=O) groups excluding carboxylic acids is 1. The third kappa shape index (κ3) is 2.92. The highest BCUT2D eigenvalue weighted by atomic mass is 19.1. The van der Waals surface area contributed by atoms with Crippen molar-refractivity contribution in [1.82, 2.24) is 15.2 Å². The van der Waals surface area contributed by atoms with Crippen LogP contribution in [0.4, 0.5) is 4.39 Å². The first-order valence-corrected chi connectivity index (χ1v) is 6.93. The lowest BCUT2D eigenvalue weighted by atomic mass is 10.0. The maximum atomic E-state index is 13.0. The number of pyridine rings is 1. The van der Waals surface area contributed by atoms with Crippen LogP contribution in [0.15, 0.2) is 48.8 Å². The molecule has 0 saturated carbocycles. The van der Waals surface area contributed by atoms with E-state index in [1.807, 2.05) is 17.0 Å². The summed E-state index contributed by atoms with van der Waals surface area (Å²) in [6.07, 6.45) is 3.49. The van der Waals surface area contributed by atoms with Crippen molar-refractivity contribution >= 4 is 5.91 Å². The number of amides is 1. The second-order valence-electron chi connectivity index (χ2n) is 5.01. The van der Waals surface area contributed by atoms with Crippen LogP contribution in [0.1, 0.15) is 22.0 Å². The number of piperazine rings is 1. The molecule has 21 heavy (non-hydrogen) atoms. The highest BCUT2D eigenvalue weighted by Gasteiger charge is 2.28. The minimum atomic E-state index is -0.337. The number of hydrogen-bond acceptors (Lipinski definition) is 3. The number of aromatic nitrogens is 1. The molecule has 1 aliphatic rings. The Balaban J connectivity index is 1.87. The van der Waals surface area contributed by atoms with Crippen LogP contribution >= 0.6 is 0 Å². The summed E-state index contributed by atoms with van der Waals surface area (Å²) < 4.78 is 13.0. The van der Waals surface area contributed by atoms with Crippen molar-refractivity contribution in [2.24, 2.45) is 0 Å². The number of benzene rings is 1. The van der Waals surface area contributed by atoms with Gasteiger partial charge in [0.15, 0.2) is 0 Å². The molecule has 2 aromatic rings. The molecule has 1 amide bonds. The lowest BCUT2D eigenvalue weighted by Gasteiger charge is -2.36. The van der Waals surface area contributed by atoms with E-state index in [-0.39, 0.29) is 17.8 Å². The molecule has 4 nitrogen and oxygen atoms in total. The molecule has 0 bridgehead atoms. The van der Waals surface area contributed by atoms with Crippen molar-refractivity contribution in [1.29, 1.82) is 0 Å². The van der Waals surface area contributed by atoms with Crippen molar-refractivity contribution in [3.63, 3.8) is 0 Å². The van der Waals surface area contributed by atoms with Gasteiger partial charge in [-0.1, -0.05) is 6.07 Å². The summed E-state index contributed by atoms with van der Waals surface area (Å²) in [6, 6.07) is 9.47. The molecule has 1 aromatic carbocycles. The molecule has 1 unspecified atom stereocenters. The van der Waals surface area contributed by atoms with E-state index in [0.717, 1.165) is 12.1 Å². The van der Waals surface area contributed by atoms with Crippen molar-refractivity contribution in [2.75, 3.05) is 19.6 Å². The van der Waals surface area contributed by atoms with Crippen molar-refractivity contribution < 1.29 is 9.18 Å². The van der Waals surface area contributed by atoms with Crippen molar-refractivity contribution in [2.45, 2.75) is 6.04 Å². The molecule has 5 heteroatoms. The first-order chi connectivity index (χ1) is 10.3. The average Bonchev–Trinajstić information content (AvgIpc) is 2.56. The molecular formula is C16H16FN3O. The SMILES string of the molecule is O=C(c1ccc(F)cc1)N1CCNCC1c1cccnc1. The summed E-state index contributed by atoms with van der Waals surface area (Å²) in [5.41, 5.74) is 1.51. The predicted molar refractivity (Wildman–Crippen MR) is 77.3 cm³/mol. The fourth-order valence-electron chi connectivity index (χ4n) is 2.58. The molecule has 1 saturated heterocycles. The predicted octanol–water partition coefficient (Wildman–Crippen LogP) is 2.01. The molecule has 1 aliphatic heterocycles. The first-order valence-electron chi connectivity index (χ1n) is 6.93. The fourth-order valence-corrected chi connectivity index (χ4v) is 2.58. The highest BCUT2D eigenvalue weighted by molar-refractivity contribution is 5.94. The molecule has 1 atom stereocenters.